The highest BCUT2D eigenvalue weighted by molar-refractivity contribution is 5.69. The summed E-state index contributed by atoms with van der Waals surface area (Å²) in [6.07, 6.45) is 11.2. The van der Waals surface area contributed by atoms with Crippen molar-refractivity contribution in [2.45, 2.75) is 104 Å². The van der Waals surface area contributed by atoms with Crippen LogP contribution in [0.1, 0.15) is 91.4 Å². The number of esters is 2. The molecule has 0 aliphatic heterocycles. The first kappa shape index (κ1) is 24.4. The average Bonchev–Trinajstić information content (AvgIpc) is 3.10. The first-order chi connectivity index (χ1) is 15.7. The molecular weight excluding hydrogens is 418 g/mol. The van der Waals surface area contributed by atoms with Gasteiger partial charge in [0.25, 0.3) is 0 Å². The van der Waals surface area contributed by atoms with Gasteiger partial charge in [-0.1, -0.05) is 19.0 Å². The van der Waals surface area contributed by atoms with E-state index in [0.29, 0.717) is 36.0 Å². The molecule has 0 aromatic heterocycles. The molecule has 0 N–H and O–H groups in total. The van der Waals surface area contributed by atoms with Crippen molar-refractivity contribution in [3.05, 3.63) is 10.4 Å². The highest BCUT2D eigenvalue weighted by Gasteiger charge is 2.62. The molecule has 0 saturated heterocycles. The fourth-order valence-electron chi connectivity index (χ4n) is 8.89. The van der Waals surface area contributed by atoms with Gasteiger partial charge in [-0.3, -0.25) is 9.59 Å². The van der Waals surface area contributed by atoms with Crippen LogP contribution in [0.4, 0.5) is 0 Å². The lowest BCUT2D eigenvalue weighted by Crippen LogP contribution is -2.58. The lowest BCUT2D eigenvalue weighted by atomic mass is 9.43. The van der Waals surface area contributed by atoms with Crippen molar-refractivity contribution in [3.8, 4) is 0 Å². The van der Waals surface area contributed by atoms with Gasteiger partial charge in [-0.25, -0.2) is 0 Å². The largest absolute Gasteiger partial charge is 0.469 e. The molecule has 4 rings (SSSR count). The van der Waals surface area contributed by atoms with Gasteiger partial charge in [-0.2, -0.15) is 0 Å². The molecule has 0 aromatic rings. The lowest BCUT2D eigenvalue weighted by Gasteiger charge is -2.62. The third-order valence-electron chi connectivity index (χ3n) is 10.5. The Bertz CT molecular complexity index is 811. The van der Waals surface area contributed by atoms with Crippen molar-refractivity contribution in [1.29, 1.82) is 0 Å². The number of carbonyl (C=O) groups is 2. The fraction of sp³-hybridized carbons (Fsp3) is 0.923. The zero-order valence-corrected chi connectivity index (χ0v) is 20.8. The summed E-state index contributed by atoms with van der Waals surface area (Å²) in [4.78, 5) is 26.5. The van der Waals surface area contributed by atoms with Crippen molar-refractivity contribution in [3.63, 3.8) is 0 Å². The number of hydrogen-bond acceptors (Lipinski definition) is 5. The number of nitrogens with zero attached hydrogens (tertiary/aromatic N) is 3. The third kappa shape index (κ3) is 4.38. The minimum Gasteiger partial charge on any atom is -0.469 e. The molecule has 0 spiro atoms. The zero-order chi connectivity index (χ0) is 23.8. The summed E-state index contributed by atoms with van der Waals surface area (Å²) in [6, 6.07) is 0.0348. The van der Waals surface area contributed by atoms with Crippen LogP contribution >= 0.6 is 0 Å². The molecule has 5 unspecified atom stereocenters. The zero-order valence-electron chi connectivity index (χ0n) is 20.8. The van der Waals surface area contributed by atoms with E-state index >= 15 is 0 Å². The summed E-state index contributed by atoms with van der Waals surface area (Å²) in [6.45, 7) is 6.44. The molecule has 0 bridgehead atoms. The van der Waals surface area contributed by atoms with Gasteiger partial charge in [-0.15, -0.1) is 0 Å². The van der Waals surface area contributed by atoms with Crippen LogP contribution in [0, 0.1) is 40.4 Å². The summed E-state index contributed by atoms with van der Waals surface area (Å²) >= 11 is 0. The molecule has 7 heteroatoms. The van der Waals surface area contributed by atoms with Gasteiger partial charge in [0.2, 0.25) is 0 Å². The van der Waals surface area contributed by atoms with Gasteiger partial charge >= 0.3 is 11.9 Å². The van der Waals surface area contributed by atoms with Crippen LogP contribution in [-0.4, -0.2) is 31.2 Å². The van der Waals surface area contributed by atoms with E-state index in [4.69, 9.17) is 9.47 Å². The first-order valence-corrected chi connectivity index (χ1v) is 13.0. The number of carbonyl (C=O) groups excluding carboxylic acids is 2. The fourth-order valence-corrected chi connectivity index (χ4v) is 8.89. The van der Waals surface area contributed by atoms with Gasteiger partial charge in [0.15, 0.2) is 0 Å². The molecule has 4 saturated carbocycles. The summed E-state index contributed by atoms with van der Waals surface area (Å²) in [7, 11) is 1.46. The Labute approximate surface area is 198 Å². The van der Waals surface area contributed by atoms with Crippen LogP contribution in [0.3, 0.4) is 0 Å². The van der Waals surface area contributed by atoms with E-state index in [9.17, 15) is 15.1 Å². The Morgan fingerprint density at radius 1 is 1.06 bits per heavy atom. The van der Waals surface area contributed by atoms with E-state index in [1.807, 2.05) is 0 Å². The number of ether oxygens (including phenoxy) is 2. The molecule has 4 fully saturated rings. The van der Waals surface area contributed by atoms with Crippen molar-refractivity contribution >= 4 is 11.9 Å². The lowest BCUT2D eigenvalue weighted by molar-refractivity contribution is -0.162. The van der Waals surface area contributed by atoms with Gasteiger partial charge in [0.05, 0.1) is 7.11 Å². The Morgan fingerprint density at radius 2 is 1.79 bits per heavy atom. The number of rotatable bonds is 6. The van der Waals surface area contributed by atoms with Crippen LogP contribution in [0.5, 0.6) is 0 Å². The highest BCUT2D eigenvalue weighted by Crippen LogP contribution is 2.68. The monoisotopic (exact) mass is 459 g/mol. The average molecular weight is 460 g/mol. The molecule has 184 valence electrons. The second kappa shape index (κ2) is 9.48. The number of azide groups is 1. The van der Waals surface area contributed by atoms with Crippen LogP contribution < -0.4 is 0 Å². The van der Waals surface area contributed by atoms with Gasteiger partial charge in [0, 0.05) is 24.3 Å². The van der Waals surface area contributed by atoms with Gasteiger partial charge < -0.3 is 9.47 Å². The Morgan fingerprint density at radius 3 is 2.48 bits per heavy atom. The molecule has 0 aromatic carbocycles. The first-order valence-electron chi connectivity index (χ1n) is 13.0. The minimum atomic E-state index is -0.193. The Hall–Kier alpha value is -1.75. The number of methoxy groups -OCH3 is 1. The molecule has 9 atom stereocenters. The van der Waals surface area contributed by atoms with Crippen LogP contribution in [0.25, 0.3) is 10.4 Å². The normalized spacial score (nSPS) is 43.9. The number of hydrogen-bond donors (Lipinski definition) is 0. The van der Waals surface area contributed by atoms with Crippen LogP contribution in [-0.2, 0) is 19.1 Å². The molecule has 0 radical (unpaired) electrons. The van der Waals surface area contributed by atoms with Crippen molar-refractivity contribution < 1.29 is 19.1 Å². The van der Waals surface area contributed by atoms with E-state index in [2.05, 4.69) is 23.9 Å². The summed E-state index contributed by atoms with van der Waals surface area (Å²) in [5, 5.41) is 4.40. The minimum absolute atomic E-state index is 0.00312. The molecule has 7 nitrogen and oxygen atoms in total. The maximum absolute atomic E-state index is 11.6. The van der Waals surface area contributed by atoms with Crippen molar-refractivity contribution in [1.82, 2.24) is 0 Å². The van der Waals surface area contributed by atoms with E-state index in [1.54, 1.807) is 0 Å². The van der Waals surface area contributed by atoms with Crippen molar-refractivity contribution in [2.75, 3.05) is 7.11 Å². The third-order valence-corrected chi connectivity index (χ3v) is 10.5. The van der Waals surface area contributed by atoms with Crippen LogP contribution in [0.15, 0.2) is 5.11 Å². The topological polar surface area (TPSA) is 101 Å². The number of fused-ring (bicyclic) bond motifs is 5. The molecule has 4 aliphatic rings. The van der Waals surface area contributed by atoms with Crippen LogP contribution in [0.2, 0.25) is 0 Å². The SMILES string of the molecule is COC(=O)CCC[C@H]1CCC2C3C(N=[N+]=[N-])CC4C[C@H](OC(C)=O)CC[C@]4(C)C3CC[C@@]21C. The van der Waals surface area contributed by atoms with E-state index in [1.165, 1.54) is 39.7 Å². The molecular formula is C26H41N3O4. The molecule has 4 aliphatic carbocycles. The Kier molecular flexibility index (Phi) is 7.00. The quantitative estimate of drug-likeness (QED) is 0.204. The standard InChI is InChI=1S/C26H41N3O4/c1-16(30)33-19-10-12-26(3)18(14-19)15-22(28-29-27)24-20-9-8-17(6-5-7-23(31)32-4)25(20,2)13-11-21(24)26/h17-22,24H,5-15H2,1-4H3/t17-,18?,19+,20?,21?,22?,24?,25+,26-/m0/s1. The molecule has 0 amide bonds. The summed E-state index contributed by atoms with van der Waals surface area (Å²) < 4.78 is 10.4. The predicted molar refractivity (Wildman–Crippen MR) is 125 cm³/mol. The van der Waals surface area contributed by atoms with E-state index < -0.39 is 0 Å². The predicted octanol–water partition coefficient (Wildman–Crippen LogP) is 6.21. The summed E-state index contributed by atoms with van der Waals surface area (Å²) in [5.74, 6) is 2.35. The maximum atomic E-state index is 11.6. The Balaban J connectivity index is 1.54. The van der Waals surface area contributed by atoms with E-state index in [-0.39, 0.29) is 34.9 Å². The second-order valence-electron chi connectivity index (χ2n) is 11.8. The maximum Gasteiger partial charge on any atom is 0.305 e. The smallest absolute Gasteiger partial charge is 0.305 e. The summed E-state index contributed by atoms with van der Waals surface area (Å²) in [5.41, 5.74) is 9.93. The molecule has 0 heterocycles. The van der Waals surface area contributed by atoms with Crippen molar-refractivity contribution in [2.24, 2.45) is 45.5 Å². The van der Waals surface area contributed by atoms with Gasteiger partial charge in [0.1, 0.15) is 6.10 Å². The molecule has 33 heavy (non-hydrogen) atoms. The van der Waals surface area contributed by atoms with Gasteiger partial charge in [-0.05, 0) is 110 Å². The highest BCUT2D eigenvalue weighted by atomic mass is 16.5. The van der Waals surface area contributed by atoms with E-state index in [0.717, 1.165) is 38.5 Å². The second-order valence-corrected chi connectivity index (χ2v) is 11.8.